The van der Waals surface area contributed by atoms with Gasteiger partial charge in [0.15, 0.2) is 0 Å². The van der Waals surface area contributed by atoms with Crippen LogP contribution in [0, 0.1) is 5.92 Å². The molecule has 18 heavy (non-hydrogen) atoms. The van der Waals surface area contributed by atoms with Gasteiger partial charge in [-0.1, -0.05) is 30.3 Å². The molecular formula is C14H21N3O. The van der Waals surface area contributed by atoms with E-state index in [1.54, 1.807) is 0 Å². The highest BCUT2D eigenvalue weighted by Crippen LogP contribution is 2.15. The Morgan fingerprint density at radius 1 is 1.33 bits per heavy atom. The van der Waals surface area contributed by atoms with E-state index in [4.69, 9.17) is 5.73 Å². The van der Waals surface area contributed by atoms with Gasteiger partial charge in [0.05, 0.1) is 0 Å². The first-order valence-electron chi connectivity index (χ1n) is 6.52. The number of likely N-dealkylation sites (tertiary alicyclic amines) is 1. The van der Waals surface area contributed by atoms with E-state index >= 15 is 0 Å². The number of benzene rings is 1. The highest BCUT2D eigenvalue weighted by Gasteiger charge is 2.27. The van der Waals surface area contributed by atoms with Crippen molar-refractivity contribution in [1.82, 2.24) is 10.2 Å². The summed E-state index contributed by atoms with van der Waals surface area (Å²) in [5.74, 6) is 0.596. The first-order chi connectivity index (χ1) is 8.79. The molecule has 98 valence electrons. The molecule has 1 atom stereocenters. The third-order valence-electron chi connectivity index (χ3n) is 3.36. The number of carbonyl (C=O) groups excluding carboxylic acids is 1. The molecule has 1 saturated heterocycles. The molecule has 2 rings (SSSR count). The van der Waals surface area contributed by atoms with Crippen LogP contribution in [-0.2, 0) is 11.3 Å². The second-order valence-electron chi connectivity index (χ2n) is 4.81. The van der Waals surface area contributed by atoms with E-state index in [0.717, 1.165) is 26.2 Å². The molecule has 1 heterocycles. The summed E-state index contributed by atoms with van der Waals surface area (Å²) in [4.78, 5) is 13.6. The van der Waals surface area contributed by atoms with Gasteiger partial charge >= 0.3 is 0 Å². The summed E-state index contributed by atoms with van der Waals surface area (Å²) < 4.78 is 0. The Labute approximate surface area is 108 Å². The van der Waals surface area contributed by atoms with Crippen LogP contribution >= 0.6 is 0 Å². The van der Waals surface area contributed by atoms with Gasteiger partial charge in [-0.05, 0) is 18.0 Å². The van der Waals surface area contributed by atoms with Crippen molar-refractivity contribution in [3.63, 3.8) is 0 Å². The van der Waals surface area contributed by atoms with Crippen molar-refractivity contribution in [2.24, 2.45) is 11.7 Å². The molecule has 1 amide bonds. The van der Waals surface area contributed by atoms with Gasteiger partial charge in [-0.15, -0.1) is 0 Å². The number of rotatable bonds is 6. The monoisotopic (exact) mass is 247 g/mol. The Bertz CT molecular complexity index is 380. The summed E-state index contributed by atoms with van der Waals surface area (Å²) in [5, 5.41) is 3.36. The molecule has 1 aromatic rings. The Morgan fingerprint density at radius 2 is 2.11 bits per heavy atom. The van der Waals surface area contributed by atoms with E-state index in [9.17, 15) is 4.79 Å². The van der Waals surface area contributed by atoms with Crippen LogP contribution in [0.15, 0.2) is 30.3 Å². The minimum Gasteiger partial charge on any atom is -0.341 e. The van der Waals surface area contributed by atoms with E-state index in [-0.39, 0.29) is 5.91 Å². The zero-order valence-electron chi connectivity index (χ0n) is 10.6. The van der Waals surface area contributed by atoms with E-state index in [1.165, 1.54) is 5.56 Å². The molecule has 1 aromatic carbocycles. The van der Waals surface area contributed by atoms with Gasteiger partial charge in [-0.25, -0.2) is 0 Å². The van der Waals surface area contributed by atoms with Gasteiger partial charge in [0.1, 0.15) is 0 Å². The largest absolute Gasteiger partial charge is 0.341 e. The first kappa shape index (κ1) is 13.1. The third kappa shape index (κ3) is 3.55. The average molecular weight is 247 g/mol. The lowest BCUT2D eigenvalue weighted by molar-refractivity contribution is -0.127. The van der Waals surface area contributed by atoms with E-state index in [0.29, 0.717) is 18.9 Å². The molecule has 0 aliphatic carbocycles. The summed E-state index contributed by atoms with van der Waals surface area (Å²) >= 11 is 0. The van der Waals surface area contributed by atoms with Gasteiger partial charge in [0, 0.05) is 32.6 Å². The highest BCUT2D eigenvalue weighted by molar-refractivity contribution is 5.78. The van der Waals surface area contributed by atoms with Crippen LogP contribution in [0.1, 0.15) is 12.0 Å². The fraction of sp³-hybridized carbons (Fsp3) is 0.500. The smallest absolute Gasteiger partial charge is 0.223 e. The topological polar surface area (TPSA) is 58.4 Å². The van der Waals surface area contributed by atoms with Crippen LogP contribution in [-0.4, -0.2) is 37.0 Å². The molecular weight excluding hydrogens is 226 g/mol. The average Bonchev–Trinajstić information content (AvgIpc) is 2.77. The minimum atomic E-state index is 0.243. The summed E-state index contributed by atoms with van der Waals surface area (Å²) in [6.45, 7) is 3.89. The lowest BCUT2D eigenvalue weighted by atomic mass is 10.1. The second kappa shape index (κ2) is 6.52. The van der Waals surface area contributed by atoms with Crippen molar-refractivity contribution in [1.29, 1.82) is 0 Å². The van der Waals surface area contributed by atoms with Crippen LogP contribution in [0.3, 0.4) is 0 Å². The van der Waals surface area contributed by atoms with Gasteiger partial charge < -0.3 is 16.0 Å². The molecule has 4 nitrogen and oxygen atoms in total. The number of nitrogens with one attached hydrogen (secondary N) is 1. The summed E-state index contributed by atoms with van der Waals surface area (Å²) in [5.41, 5.74) is 6.86. The Balaban J connectivity index is 1.65. The van der Waals surface area contributed by atoms with Crippen molar-refractivity contribution in [2.45, 2.75) is 13.0 Å². The first-order valence-corrected chi connectivity index (χ1v) is 6.52. The zero-order chi connectivity index (χ0) is 12.8. The Kier molecular flexibility index (Phi) is 4.73. The highest BCUT2D eigenvalue weighted by atomic mass is 16.2. The molecule has 1 fully saturated rings. The van der Waals surface area contributed by atoms with Crippen LogP contribution in [0.25, 0.3) is 0 Å². The van der Waals surface area contributed by atoms with Gasteiger partial charge in [-0.2, -0.15) is 0 Å². The fourth-order valence-corrected chi connectivity index (χ4v) is 2.27. The molecule has 0 aromatic heterocycles. The summed E-state index contributed by atoms with van der Waals surface area (Å²) in [6, 6.07) is 10.3. The number of carbonyl (C=O) groups is 1. The van der Waals surface area contributed by atoms with Crippen molar-refractivity contribution < 1.29 is 4.79 Å². The lowest BCUT2D eigenvalue weighted by Crippen LogP contribution is -2.33. The van der Waals surface area contributed by atoms with Crippen molar-refractivity contribution in [3.8, 4) is 0 Å². The Hall–Kier alpha value is -1.39. The van der Waals surface area contributed by atoms with Crippen LogP contribution in [0.4, 0.5) is 0 Å². The van der Waals surface area contributed by atoms with Crippen LogP contribution < -0.4 is 11.1 Å². The predicted molar refractivity (Wildman–Crippen MR) is 71.9 cm³/mol. The zero-order valence-corrected chi connectivity index (χ0v) is 10.6. The molecule has 0 bridgehead atoms. The molecule has 0 radical (unpaired) electrons. The van der Waals surface area contributed by atoms with Gasteiger partial charge in [0.25, 0.3) is 0 Å². The third-order valence-corrected chi connectivity index (χ3v) is 3.36. The number of hydrogen-bond donors (Lipinski definition) is 2. The molecule has 4 heteroatoms. The maximum atomic E-state index is 11.7. The fourth-order valence-electron chi connectivity index (χ4n) is 2.27. The maximum absolute atomic E-state index is 11.7. The van der Waals surface area contributed by atoms with Gasteiger partial charge in [-0.3, -0.25) is 4.79 Å². The Morgan fingerprint density at radius 3 is 2.78 bits per heavy atom. The quantitative estimate of drug-likeness (QED) is 0.723. The SMILES string of the molecule is NCC1CC(=O)N(CCNCc2ccccc2)C1. The normalized spacial score (nSPS) is 19.5. The summed E-state index contributed by atoms with van der Waals surface area (Å²) in [7, 11) is 0. The van der Waals surface area contributed by atoms with Crippen molar-refractivity contribution in [2.75, 3.05) is 26.2 Å². The minimum absolute atomic E-state index is 0.243. The van der Waals surface area contributed by atoms with E-state index < -0.39 is 0 Å². The van der Waals surface area contributed by atoms with Crippen LogP contribution in [0.2, 0.25) is 0 Å². The number of amides is 1. The molecule has 0 saturated carbocycles. The van der Waals surface area contributed by atoms with E-state index in [2.05, 4.69) is 17.4 Å². The molecule has 3 N–H and O–H groups in total. The molecule has 1 unspecified atom stereocenters. The van der Waals surface area contributed by atoms with Crippen molar-refractivity contribution in [3.05, 3.63) is 35.9 Å². The second-order valence-corrected chi connectivity index (χ2v) is 4.81. The van der Waals surface area contributed by atoms with Gasteiger partial charge in [0.2, 0.25) is 5.91 Å². The number of hydrogen-bond acceptors (Lipinski definition) is 3. The van der Waals surface area contributed by atoms with Crippen molar-refractivity contribution >= 4 is 5.91 Å². The number of nitrogens with zero attached hydrogens (tertiary/aromatic N) is 1. The van der Waals surface area contributed by atoms with Crippen LogP contribution in [0.5, 0.6) is 0 Å². The summed E-state index contributed by atoms with van der Waals surface area (Å²) in [6.07, 6.45) is 0.620. The molecule has 0 spiro atoms. The maximum Gasteiger partial charge on any atom is 0.223 e. The van der Waals surface area contributed by atoms with E-state index in [1.807, 2.05) is 23.1 Å². The molecule has 1 aliphatic heterocycles. The predicted octanol–water partition coefficient (Wildman–Crippen LogP) is 0.583. The standard InChI is InChI=1S/C14H21N3O/c15-9-13-8-14(18)17(11-13)7-6-16-10-12-4-2-1-3-5-12/h1-5,13,16H,6-11,15H2. The lowest BCUT2D eigenvalue weighted by Gasteiger charge is -2.16. The number of nitrogens with two attached hydrogens (primary N) is 1. The molecule has 1 aliphatic rings.